The Morgan fingerprint density at radius 2 is 1.88 bits per heavy atom. The van der Waals surface area contributed by atoms with Crippen LogP contribution in [0.2, 0.25) is 0 Å². The maximum Gasteiger partial charge on any atom is 0.203 e. The molecular formula is C20H25NO4. The van der Waals surface area contributed by atoms with Crippen LogP contribution in [0.5, 0.6) is 23.0 Å². The third-order valence-corrected chi connectivity index (χ3v) is 4.19. The number of hydrogen-bond acceptors (Lipinski definition) is 5. The van der Waals surface area contributed by atoms with E-state index in [0.29, 0.717) is 37.9 Å². The van der Waals surface area contributed by atoms with E-state index in [1.165, 1.54) is 5.56 Å². The zero-order chi connectivity index (χ0) is 17.6. The molecule has 0 saturated carbocycles. The first-order chi connectivity index (χ1) is 12.2. The molecule has 1 N–H and O–H groups in total. The van der Waals surface area contributed by atoms with Crippen molar-refractivity contribution in [1.29, 1.82) is 0 Å². The summed E-state index contributed by atoms with van der Waals surface area (Å²) >= 11 is 0. The Bertz CT molecular complexity index is 682. The van der Waals surface area contributed by atoms with Crippen molar-refractivity contribution in [2.24, 2.45) is 0 Å². The van der Waals surface area contributed by atoms with Crippen LogP contribution in [0.25, 0.3) is 0 Å². The minimum atomic E-state index is 0.217. The fourth-order valence-corrected chi connectivity index (χ4v) is 2.84. The second-order valence-electron chi connectivity index (χ2n) is 5.93. The van der Waals surface area contributed by atoms with E-state index in [1.807, 2.05) is 31.2 Å². The molecule has 0 aliphatic carbocycles. The van der Waals surface area contributed by atoms with Crippen LogP contribution in [0, 0.1) is 0 Å². The molecule has 0 fully saturated rings. The Hall–Kier alpha value is -2.40. The first-order valence-electron chi connectivity index (χ1n) is 8.64. The molecule has 1 aliphatic rings. The average Bonchev–Trinajstić information content (AvgIpc) is 2.66. The lowest BCUT2D eigenvalue weighted by Crippen LogP contribution is -2.19. The minimum Gasteiger partial charge on any atom is -0.494 e. The molecule has 25 heavy (non-hydrogen) atoms. The summed E-state index contributed by atoms with van der Waals surface area (Å²) in [6, 6.07) is 12.4. The van der Waals surface area contributed by atoms with Gasteiger partial charge in [0.2, 0.25) is 5.75 Å². The van der Waals surface area contributed by atoms with Crippen LogP contribution < -0.4 is 24.3 Å². The monoisotopic (exact) mass is 343 g/mol. The number of rotatable bonds is 7. The fourth-order valence-electron chi connectivity index (χ4n) is 2.84. The van der Waals surface area contributed by atoms with E-state index >= 15 is 0 Å². The van der Waals surface area contributed by atoms with Gasteiger partial charge in [-0.1, -0.05) is 12.1 Å². The summed E-state index contributed by atoms with van der Waals surface area (Å²) in [6.45, 7) is 6.64. The zero-order valence-electron chi connectivity index (χ0n) is 15.0. The summed E-state index contributed by atoms with van der Waals surface area (Å²) in [5.74, 6) is 3.05. The number of benzene rings is 2. The number of hydrogen-bond donors (Lipinski definition) is 1. The summed E-state index contributed by atoms with van der Waals surface area (Å²) in [5.41, 5.74) is 2.31. The zero-order valence-corrected chi connectivity index (χ0v) is 15.0. The van der Waals surface area contributed by atoms with Crippen molar-refractivity contribution >= 4 is 0 Å². The van der Waals surface area contributed by atoms with Crippen molar-refractivity contribution in [3.05, 3.63) is 47.5 Å². The molecule has 2 aromatic carbocycles. The molecule has 0 spiro atoms. The van der Waals surface area contributed by atoms with Gasteiger partial charge in [-0.2, -0.15) is 0 Å². The first-order valence-corrected chi connectivity index (χ1v) is 8.64. The van der Waals surface area contributed by atoms with Gasteiger partial charge in [0.05, 0.1) is 13.7 Å². The van der Waals surface area contributed by atoms with Crippen molar-refractivity contribution < 1.29 is 18.9 Å². The standard InChI is InChI=1S/C20H25NO4/c1-4-23-17-7-5-16(6-8-17)14(2)21-13-15-11-18(22-3)20-19(12-15)24-9-10-25-20/h5-8,11-12,14,21H,4,9-10,13H2,1-3H3. The molecule has 1 aliphatic heterocycles. The molecule has 5 heteroatoms. The first kappa shape index (κ1) is 17.4. The van der Waals surface area contributed by atoms with Crippen LogP contribution in [-0.4, -0.2) is 26.9 Å². The second-order valence-corrected chi connectivity index (χ2v) is 5.93. The Morgan fingerprint density at radius 3 is 2.60 bits per heavy atom. The number of ether oxygens (including phenoxy) is 4. The summed E-state index contributed by atoms with van der Waals surface area (Å²) in [4.78, 5) is 0. The fraction of sp³-hybridized carbons (Fsp3) is 0.400. The lowest BCUT2D eigenvalue weighted by molar-refractivity contribution is 0.165. The summed E-state index contributed by atoms with van der Waals surface area (Å²) < 4.78 is 22.3. The van der Waals surface area contributed by atoms with Crippen molar-refractivity contribution in [1.82, 2.24) is 5.32 Å². The lowest BCUT2D eigenvalue weighted by Gasteiger charge is -2.22. The Kier molecular flexibility index (Phi) is 5.66. The topological polar surface area (TPSA) is 49.0 Å². The van der Waals surface area contributed by atoms with E-state index < -0.39 is 0 Å². The lowest BCUT2D eigenvalue weighted by atomic mass is 10.1. The Balaban J connectivity index is 1.66. The molecular weight excluding hydrogens is 318 g/mol. The predicted molar refractivity (Wildman–Crippen MR) is 96.8 cm³/mol. The second kappa shape index (κ2) is 8.12. The predicted octanol–water partition coefficient (Wildman–Crippen LogP) is 3.72. The van der Waals surface area contributed by atoms with Crippen LogP contribution in [-0.2, 0) is 6.54 Å². The number of fused-ring (bicyclic) bond motifs is 1. The molecule has 3 rings (SSSR count). The Morgan fingerprint density at radius 1 is 1.12 bits per heavy atom. The molecule has 0 radical (unpaired) electrons. The van der Waals surface area contributed by atoms with E-state index in [2.05, 4.69) is 24.4 Å². The highest BCUT2D eigenvalue weighted by Gasteiger charge is 2.18. The molecule has 0 aromatic heterocycles. The average molecular weight is 343 g/mol. The van der Waals surface area contributed by atoms with E-state index in [9.17, 15) is 0 Å². The molecule has 1 unspecified atom stereocenters. The maximum atomic E-state index is 5.69. The van der Waals surface area contributed by atoms with E-state index in [0.717, 1.165) is 17.1 Å². The van der Waals surface area contributed by atoms with Crippen LogP contribution >= 0.6 is 0 Å². The quantitative estimate of drug-likeness (QED) is 0.830. The van der Waals surface area contributed by atoms with Crippen LogP contribution in [0.1, 0.15) is 31.0 Å². The highest BCUT2D eigenvalue weighted by molar-refractivity contribution is 5.54. The van der Waals surface area contributed by atoms with Crippen molar-refractivity contribution in [3.63, 3.8) is 0 Å². The van der Waals surface area contributed by atoms with Gasteiger partial charge in [0.1, 0.15) is 19.0 Å². The van der Waals surface area contributed by atoms with Gasteiger partial charge in [-0.15, -0.1) is 0 Å². The highest BCUT2D eigenvalue weighted by Crippen LogP contribution is 2.40. The molecule has 0 saturated heterocycles. The molecule has 0 bridgehead atoms. The number of methoxy groups -OCH3 is 1. The number of nitrogens with one attached hydrogen (secondary N) is 1. The smallest absolute Gasteiger partial charge is 0.203 e. The van der Waals surface area contributed by atoms with Crippen LogP contribution in [0.4, 0.5) is 0 Å². The van der Waals surface area contributed by atoms with E-state index in [4.69, 9.17) is 18.9 Å². The van der Waals surface area contributed by atoms with Crippen molar-refractivity contribution in [3.8, 4) is 23.0 Å². The van der Waals surface area contributed by atoms with Crippen molar-refractivity contribution in [2.75, 3.05) is 26.9 Å². The molecule has 2 aromatic rings. The normalized spacial score (nSPS) is 14.0. The van der Waals surface area contributed by atoms with Gasteiger partial charge in [0.15, 0.2) is 11.5 Å². The van der Waals surface area contributed by atoms with Gasteiger partial charge < -0.3 is 24.3 Å². The third kappa shape index (κ3) is 4.17. The SMILES string of the molecule is CCOc1ccc(C(C)NCc2cc(OC)c3c(c2)OCCO3)cc1. The van der Waals surface area contributed by atoms with Gasteiger partial charge in [-0.3, -0.25) is 0 Å². The van der Waals surface area contributed by atoms with Gasteiger partial charge in [-0.25, -0.2) is 0 Å². The minimum absolute atomic E-state index is 0.217. The molecule has 134 valence electrons. The molecule has 0 amide bonds. The molecule has 1 atom stereocenters. The van der Waals surface area contributed by atoms with Gasteiger partial charge in [0, 0.05) is 12.6 Å². The molecule has 1 heterocycles. The van der Waals surface area contributed by atoms with Crippen LogP contribution in [0.15, 0.2) is 36.4 Å². The van der Waals surface area contributed by atoms with E-state index in [1.54, 1.807) is 7.11 Å². The third-order valence-electron chi connectivity index (χ3n) is 4.19. The summed E-state index contributed by atoms with van der Waals surface area (Å²) in [7, 11) is 1.65. The maximum absolute atomic E-state index is 5.69. The highest BCUT2D eigenvalue weighted by atomic mass is 16.6. The molecule has 5 nitrogen and oxygen atoms in total. The van der Waals surface area contributed by atoms with E-state index in [-0.39, 0.29) is 6.04 Å². The summed E-state index contributed by atoms with van der Waals surface area (Å²) in [6.07, 6.45) is 0. The van der Waals surface area contributed by atoms with Crippen molar-refractivity contribution in [2.45, 2.75) is 26.4 Å². The van der Waals surface area contributed by atoms with Gasteiger partial charge in [0.25, 0.3) is 0 Å². The summed E-state index contributed by atoms with van der Waals surface area (Å²) in [5, 5.41) is 3.53. The van der Waals surface area contributed by atoms with Gasteiger partial charge >= 0.3 is 0 Å². The van der Waals surface area contributed by atoms with Gasteiger partial charge in [-0.05, 0) is 49.2 Å². The largest absolute Gasteiger partial charge is 0.494 e. The van der Waals surface area contributed by atoms with Crippen LogP contribution in [0.3, 0.4) is 0 Å². The Labute approximate surface area is 148 Å².